The standard InChI is InChI=1S/C25H53N.2C16H12N2O2.2CH3NO2.Cr/c1-4-6-8-10-12-14-16-18-20-22-24-26(3)25-23-21-19-17-15-13-11-9-7-5-2;2*19-14-8-4-3-7-13(14)17-18-16-12-6-2-1-5-11(12)9-10-15(16)20;2*1-2(3)4;/h4-25H2,1-3H3;2*1-10,19-20H;2*1H3;/p+1. The van der Waals surface area contributed by atoms with Crippen LogP contribution in [0.4, 0.5) is 22.7 Å². The number of hydrogen-bond acceptors (Lipinski definition) is 12. The maximum Gasteiger partial charge on any atom is 0.194 e. The molecule has 0 fully saturated rings. The summed E-state index contributed by atoms with van der Waals surface area (Å²) in [5.74, 6) is 0.220. The van der Waals surface area contributed by atoms with Crippen molar-refractivity contribution >= 4 is 44.3 Å². The molecule has 0 saturated heterocycles. The van der Waals surface area contributed by atoms with E-state index in [0.717, 1.165) is 35.6 Å². The molecule has 0 spiro atoms. The summed E-state index contributed by atoms with van der Waals surface area (Å²) in [4.78, 5) is 18.4. The Morgan fingerprint density at radius 2 is 0.680 bits per heavy atom. The normalized spacial score (nSPS) is 10.6. The fraction of sp³-hybridized carbons (Fsp3) is 0.458. The van der Waals surface area contributed by atoms with Gasteiger partial charge in [0, 0.05) is 38.0 Å². The van der Waals surface area contributed by atoms with Gasteiger partial charge in [-0.15, -0.1) is 20.5 Å². The summed E-state index contributed by atoms with van der Waals surface area (Å²) in [7, 11) is 4.18. The molecule has 0 amide bonds. The molecule has 0 aromatic heterocycles. The van der Waals surface area contributed by atoms with Crippen molar-refractivity contribution in [2.45, 2.75) is 142 Å². The monoisotopic (exact) mass is 1070 g/mol. The van der Waals surface area contributed by atoms with Crippen molar-refractivity contribution in [3.8, 4) is 23.0 Å². The molecule has 0 bridgehead atoms. The number of nitrogens with zero attached hydrogens (tertiary/aromatic N) is 6. The smallest absolute Gasteiger partial charge is 0.194 e. The number of phenols is 4. The summed E-state index contributed by atoms with van der Waals surface area (Å²) in [5, 5.41) is 76.5. The molecule has 15 nitrogen and oxygen atoms in total. The van der Waals surface area contributed by atoms with E-state index in [1.165, 1.54) is 154 Å². The van der Waals surface area contributed by atoms with Gasteiger partial charge in [0.25, 0.3) is 0 Å². The largest absolute Gasteiger partial charge is 0.506 e. The number of para-hydroxylation sites is 2. The van der Waals surface area contributed by atoms with Crippen molar-refractivity contribution in [3.05, 3.63) is 142 Å². The van der Waals surface area contributed by atoms with Crippen LogP contribution >= 0.6 is 0 Å². The molecule has 408 valence electrons. The molecule has 16 heteroatoms. The molecule has 0 aliphatic carbocycles. The fourth-order valence-corrected chi connectivity index (χ4v) is 7.96. The summed E-state index contributed by atoms with van der Waals surface area (Å²) >= 11 is 0. The van der Waals surface area contributed by atoms with Crippen molar-refractivity contribution in [1.29, 1.82) is 0 Å². The predicted octanol–water partition coefficient (Wildman–Crippen LogP) is 16.5. The zero-order chi connectivity index (χ0) is 54.2. The van der Waals surface area contributed by atoms with Gasteiger partial charge in [-0.25, -0.2) is 0 Å². The minimum absolute atomic E-state index is 0. The molecular formula is C59H84CrN7O8+. The molecule has 0 aliphatic heterocycles. The van der Waals surface area contributed by atoms with Crippen LogP contribution in [0.2, 0.25) is 0 Å². The van der Waals surface area contributed by atoms with Crippen molar-refractivity contribution in [2.75, 3.05) is 34.2 Å². The van der Waals surface area contributed by atoms with Crippen LogP contribution in [0.25, 0.3) is 21.5 Å². The van der Waals surface area contributed by atoms with Crippen molar-refractivity contribution in [1.82, 2.24) is 0 Å². The first-order valence-corrected chi connectivity index (χ1v) is 26.6. The molecule has 0 saturated carbocycles. The summed E-state index contributed by atoms with van der Waals surface area (Å²) in [6.07, 6.45) is 29.1. The quantitative estimate of drug-likeness (QED) is 0.0152. The summed E-state index contributed by atoms with van der Waals surface area (Å²) in [6.45, 7) is 7.40. The molecule has 6 aromatic carbocycles. The Morgan fingerprint density at radius 1 is 0.400 bits per heavy atom. The van der Waals surface area contributed by atoms with Crippen LogP contribution < -0.4 is 4.90 Å². The molecule has 6 rings (SSSR count). The van der Waals surface area contributed by atoms with Crippen LogP contribution in [-0.4, -0.2) is 64.5 Å². The van der Waals surface area contributed by atoms with E-state index >= 15 is 0 Å². The van der Waals surface area contributed by atoms with Crippen LogP contribution in [0.5, 0.6) is 23.0 Å². The van der Waals surface area contributed by atoms with E-state index in [1.54, 1.807) is 53.4 Å². The molecule has 0 unspecified atom stereocenters. The van der Waals surface area contributed by atoms with Gasteiger partial charge in [-0.1, -0.05) is 202 Å². The molecule has 0 atom stereocenters. The number of azo groups is 2. The maximum absolute atomic E-state index is 9.94. The number of nitro groups is 2. The molecule has 75 heavy (non-hydrogen) atoms. The Morgan fingerprint density at radius 3 is 1.00 bits per heavy atom. The van der Waals surface area contributed by atoms with E-state index < -0.39 is 9.85 Å². The number of unbranched alkanes of at least 4 members (excludes halogenated alkanes) is 18. The number of benzene rings is 6. The Hall–Kier alpha value is -6.47. The van der Waals surface area contributed by atoms with Gasteiger partial charge in [0.05, 0.1) is 20.1 Å². The molecular weight excluding hydrogens is 987 g/mol. The van der Waals surface area contributed by atoms with Gasteiger partial charge in [-0.05, 0) is 72.9 Å². The van der Waals surface area contributed by atoms with Crippen molar-refractivity contribution < 1.29 is 52.5 Å². The van der Waals surface area contributed by atoms with E-state index in [2.05, 4.69) is 41.4 Å². The predicted molar refractivity (Wildman–Crippen MR) is 302 cm³/mol. The van der Waals surface area contributed by atoms with E-state index in [0.29, 0.717) is 22.7 Å². The Kier molecular flexibility index (Phi) is 37.1. The van der Waals surface area contributed by atoms with Crippen LogP contribution in [0.15, 0.2) is 142 Å². The second-order valence-electron chi connectivity index (χ2n) is 18.4. The maximum atomic E-state index is 9.94. The Labute approximate surface area is 456 Å². The number of phenolic OH excluding ortho intramolecular Hbond substituents is 4. The minimum atomic E-state index is -0.500. The Bertz CT molecular complexity index is 2360. The minimum Gasteiger partial charge on any atom is -0.506 e. The van der Waals surface area contributed by atoms with Gasteiger partial charge >= 0.3 is 0 Å². The van der Waals surface area contributed by atoms with Gasteiger partial charge in [0.2, 0.25) is 0 Å². The average Bonchev–Trinajstić information content (AvgIpc) is 3.38. The van der Waals surface area contributed by atoms with Gasteiger partial charge in [0.15, 0.2) is 14.1 Å². The number of nitrogens with one attached hydrogen (secondary N) is 1. The third-order valence-corrected chi connectivity index (χ3v) is 12.0. The number of aromatic hydroxyl groups is 4. The van der Waals surface area contributed by atoms with Gasteiger partial charge in [-0.2, -0.15) is 0 Å². The first kappa shape index (κ1) is 66.5. The molecule has 6 aromatic rings. The topological polar surface area (TPSA) is 221 Å². The molecule has 0 radical (unpaired) electrons. The summed E-state index contributed by atoms with van der Waals surface area (Å²) in [6, 6.07) is 35.4. The second kappa shape index (κ2) is 41.8. The summed E-state index contributed by atoms with van der Waals surface area (Å²) < 4.78 is 0. The Balaban J connectivity index is 0.000000523. The third kappa shape index (κ3) is 30.5. The second-order valence-corrected chi connectivity index (χ2v) is 18.4. The van der Waals surface area contributed by atoms with Gasteiger partial charge < -0.3 is 25.3 Å². The van der Waals surface area contributed by atoms with Crippen molar-refractivity contribution in [3.63, 3.8) is 0 Å². The molecule has 0 heterocycles. The number of quaternary nitrogens is 1. The average molecular weight is 1070 g/mol. The van der Waals surface area contributed by atoms with Gasteiger partial charge in [0.1, 0.15) is 45.7 Å². The molecule has 0 aliphatic rings. The zero-order valence-electron chi connectivity index (χ0n) is 45.1. The first-order valence-electron chi connectivity index (χ1n) is 26.6. The van der Waals surface area contributed by atoms with Crippen LogP contribution in [-0.2, 0) is 17.4 Å². The zero-order valence-corrected chi connectivity index (χ0v) is 46.4. The van der Waals surface area contributed by atoms with Gasteiger partial charge in [-0.3, -0.25) is 20.2 Å². The van der Waals surface area contributed by atoms with Crippen molar-refractivity contribution in [2.24, 2.45) is 20.5 Å². The number of fused-ring (bicyclic) bond motifs is 2. The van der Waals surface area contributed by atoms with Crippen LogP contribution in [0.1, 0.15) is 142 Å². The number of hydrogen-bond donors (Lipinski definition) is 5. The third-order valence-electron chi connectivity index (χ3n) is 12.0. The SMILES string of the molecule is CCCCCCCCCCCC[NH+](C)CCCCCCCCCCCC.C[N+](=O)[O-].C[N+](=O)[O-].Oc1ccccc1N=Nc1c(O)ccc2ccccc12.Oc1ccccc1N=Nc1c(O)ccc2ccccc12.[Cr]. The summed E-state index contributed by atoms with van der Waals surface area (Å²) in [5.41, 5.74) is 1.51. The van der Waals surface area contributed by atoms with E-state index in [-0.39, 0.29) is 40.4 Å². The number of rotatable bonds is 26. The van der Waals surface area contributed by atoms with Crippen LogP contribution in [0.3, 0.4) is 0 Å². The van der Waals surface area contributed by atoms with E-state index in [1.807, 2.05) is 60.7 Å². The molecule has 5 N–H and O–H groups in total. The van der Waals surface area contributed by atoms with E-state index in [4.69, 9.17) is 20.2 Å². The fourth-order valence-electron chi connectivity index (χ4n) is 7.96. The van der Waals surface area contributed by atoms with E-state index in [9.17, 15) is 20.4 Å². The van der Waals surface area contributed by atoms with Crippen LogP contribution in [0, 0.1) is 20.2 Å². The first-order chi connectivity index (χ1) is 35.8.